The van der Waals surface area contributed by atoms with Gasteiger partial charge in [-0.2, -0.15) is 5.26 Å². The molecule has 2 aromatic carbocycles. The first kappa shape index (κ1) is 18.2. The van der Waals surface area contributed by atoms with Gasteiger partial charge in [-0.05, 0) is 48.7 Å². The van der Waals surface area contributed by atoms with E-state index in [9.17, 15) is 13.9 Å². The predicted molar refractivity (Wildman–Crippen MR) is 95.6 cm³/mol. The van der Waals surface area contributed by atoms with E-state index in [2.05, 4.69) is 0 Å². The minimum absolute atomic E-state index is 0.00280. The zero-order valence-corrected chi connectivity index (χ0v) is 15.1. The highest BCUT2D eigenvalue weighted by Crippen LogP contribution is 2.42. The van der Waals surface area contributed by atoms with Gasteiger partial charge >= 0.3 is 0 Å². The van der Waals surface area contributed by atoms with Gasteiger partial charge in [-0.1, -0.05) is 11.6 Å². The summed E-state index contributed by atoms with van der Waals surface area (Å²) < 4.78 is 34.8. The monoisotopic (exact) mass is 390 g/mol. The molecular formula is C20H17ClF2N2O2. The fraction of sp³-hybridized carbons (Fsp3) is 0.350. The van der Waals surface area contributed by atoms with Crippen molar-refractivity contribution in [3.63, 3.8) is 0 Å². The van der Waals surface area contributed by atoms with Crippen LogP contribution in [-0.2, 0) is 6.42 Å². The molecule has 2 aliphatic rings. The Morgan fingerprint density at radius 2 is 2.04 bits per heavy atom. The number of rotatable bonds is 3. The van der Waals surface area contributed by atoms with E-state index in [-0.39, 0.29) is 22.4 Å². The number of ether oxygens (including phenoxy) is 1. The summed E-state index contributed by atoms with van der Waals surface area (Å²) in [4.78, 5) is 2.05. The number of nitrogens with zero attached hydrogens (tertiary/aromatic N) is 2. The maximum atomic E-state index is 14.5. The second-order valence-corrected chi connectivity index (χ2v) is 7.40. The van der Waals surface area contributed by atoms with Gasteiger partial charge in [-0.15, -0.1) is 0 Å². The molecule has 1 fully saturated rings. The van der Waals surface area contributed by atoms with Gasteiger partial charge in [0.05, 0.1) is 23.8 Å². The number of nitriles is 1. The summed E-state index contributed by atoms with van der Waals surface area (Å²) in [5.41, 5.74) is 1.29. The maximum Gasteiger partial charge on any atom is 0.166 e. The number of β-amino-alcohol motifs (C(OH)–C–C–N with tert-alkyl or cyclic N) is 1. The Morgan fingerprint density at radius 1 is 1.22 bits per heavy atom. The molecule has 3 atom stereocenters. The van der Waals surface area contributed by atoms with Crippen molar-refractivity contribution in [3.05, 3.63) is 63.7 Å². The largest absolute Gasteiger partial charge is 0.481 e. The first-order valence-electron chi connectivity index (χ1n) is 8.72. The number of aliphatic hydroxyl groups is 1. The molecule has 27 heavy (non-hydrogen) atoms. The Balaban J connectivity index is 1.71. The summed E-state index contributed by atoms with van der Waals surface area (Å²) in [6.45, 7) is 1.12. The minimum atomic E-state index is -0.648. The molecule has 0 radical (unpaired) electrons. The van der Waals surface area contributed by atoms with E-state index >= 15 is 0 Å². The van der Waals surface area contributed by atoms with E-state index in [4.69, 9.17) is 21.6 Å². The van der Waals surface area contributed by atoms with E-state index in [0.717, 1.165) is 6.07 Å². The van der Waals surface area contributed by atoms with Gasteiger partial charge in [0.2, 0.25) is 0 Å². The van der Waals surface area contributed by atoms with Crippen LogP contribution in [0.15, 0.2) is 30.3 Å². The van der Waals surface area contributed by atoms with Crippen LogP contribution in [0.3, 0.4) is 0 Å². The molecular weight excluding hydrogens is 374 g/mol. The minimum Gasteiger partial charge on any atom is -0.481 e. The summed E-state index contributed by atoms with van der Waals surface area (Å²) in [5.74, 6) is -1.06. The second-order valence-electron chi connectivity index (χ2n) is 6.96. The SMILES string of the molecule is N#Cc1ccc(O[C@H]2c3cc(Cl)cc(F)c3C[C@@H]2N2CCC(O)C2)c(F)c1. The average Bonchev–Trinajstić information content (AvgIpc) is 3.21. The summed E-state index contributed by atoms with van der Waals surface area (Å²) in [6, 6.07) is 8.55. The molecule has 140 valence electrons. The quantitative estimate of drug-likeness (QED) is 0.870. The highest BCUT2D eigenvalue weighted by Gasteiger charge is 2.42. The van der Waals surface area contributed by atoms with Gasteiger partial charge in [-0.3, -0.25) is 4.90 Å². The molecule has 2 aromatic rings. The summed E-state index contributed by atoms with van der Waals surface area (Å²) >= 11 is 6.04. The number of hydrogen-bond acceptors (Lipinski definition) is 4. The van der Waals surface area contributed by atoms with Crippen LogP contribution in [0.2, 0.25) is 5.02 Å². The molecule has 0 aromatic heterocycles. The predicted octanol–water partition coefficient (Wildman–Crippen LogP) is 3.60. The van der Waals surface area contributed by atoms with Crippen LogP contribution in [0.4, 0.5) is 8.78 Å². The zero-order chi connectivity index (χ0) is 19.1. The van der Waals surface area contributed by atoms with E-state index in [1.165, 1.54) is 18.2 Å². The second kappa shape index (κ2) is 7.08. The van der Waals surface area contributed by atoms with Crippen molar-refractivity contribution in [1.29, 1.82) is 5.26 Å². The number of halogens is 3. The van der Waals surface area contributed by atoms with Crippen LogP contribution in [0.1, 0.15) is 29.2 Å². The van der Waals surface area contributed by atoms with Crippen LogP contribution in [0.25, 0.3) is 0 Å². The van der Waals surface area contributed by atoms with Crippen molar-refractivity contribution in [2.75, 3.05) is 13.1 Å². The molecule has 1 N–H and O–H groups in total. The fourth-order valence-corrected chi connectivity index (χ4v) is 4.16. The van der Waals surface area contributed by atoms with Crippen molar-refractivity contribution in [2.45, 2.75) is 31.1 Å². The standard InChI is InChI=1S/C20H17ClF2N2O2/c21-12-6-15-14(16(22)7-12)8-18(25-4-3-13(26)10-25)20(15)27-19-2-1-11(9-24)5-17(19)23/h1-2,5-7,13,18,20,26H,3-4,8,10H2/t13?,18-,20-/m0/s1. The Kier molecular flexibility index (Phi) is 4.77. The molecule has 0 saturated carbocycles. The van der Waals surface area contributed by atoms with Crippen molar-refractivity contribution in [3.8, 4) is 11.8 Å². The third-order valence-corrected chi connectivity index (χ3v) is 5.46. The first-order valence-corrected chi connectivity index (χ1v) is 9.10. The lowest BCUT2D eigenvalue weighted by Crippen LogP contribution is -2.39. The molecule has 4 rings (SSSR count). The molecule has 0 amide bonds. The molecule has 0 bridgehead atoms. The van der Waals surface area contributed by atoms with Crippen LogP contribution in [0, 0.1) is 23.0 Å². The highest BCUT2D eigenvalue weighted by atomic mass is 35.5. The van der Waals surface area contributed by atoms with Crippen LogP contribution in [-0.4, -0.2) is 35.2 Å². The molecule has 1 saturated heterocycles. The molecule has 7 heteroatoms. The zero-order valence-electron chi connectivity index (χ0n) is 14.3. The number of benzene rings is 2. The fourth-order valence-electron chi connectivity index (χ4n) is 3.95. The Labute approximate surface area is 160 Å². The molecule has 1 aliphatic carbocycles. The van der Waals surface area contributed by atoms with Crippen molar-refractivity contribution in [1.82, 2.24) is 4.90 Å². The number of hydrogen-bond donors (Lipinski definition) is 1. The summed E-state index contributed by atoms with van der Waals surface area (Å²) in [5, 5.41) is 19.0. The molecule has 1 aliphatic heterocycles. The molecule has 1 heterocycles. The molecule has 4 nitrogen and oxygen atoms in total. The lowest BCUT2D eigenvalue weighted by Gasteiger charge is -2.30. The van der Waals surface area contributed by atoms with E-state index in [0.29, 0.717) is 37.1 Å². The van der Waals surface area contributed by atoms with Gasteiger partial charge in [0.1, 0.15) is 11.9 Å². The first-order chi connectivity index (χ1) is 13.0. The van der Waals surface area contributed by atoms with Gasteiger partial charge in [-0.25, -0.2) is 8.78 Å². The summed E-state index contributed by atoms with van der Waals surface area (Å²) in [6.07, 6.45) is -0.0304. The van der Waals surface area contributed by atoms with Crippen LogP contribution < -0.4 is 4.74 Å². The number of aliphatic hydroxyl groups excluding tert-OH is 1. The van der Waals surface area contributed by atoms with E-state index in [1.54, 1.807) is 6.07 Å². The van der Waals surface area contributed by atoms with Gasteiger partial charge < -0.3 is 9.84 Å². The number of likely N-dealkylation sites (tertiary alicyclic amines) is 1. The van der Waals surface area contributed by atoms with Crippen molar-refractivity contribution >= 4 is 11.6 Å². The van der Waals surface area contributed by atoms with Crippen molar-refractivity contribution in [2.24, 2.45) is 0 Å². The van der Waals surface area contributed by atoms with Crippen LogP contribution >= 0.6 is 11.6 Å². The third kappa shape index (κ3) is 3.39. The van der Waals surface area contributed by atoms with E-state index in [1.807, 2.05) is 11.0 Å². The molecule has 0 spiro atoms. The van der Waals surface area contributed by atoms with E-state index < -0.39 is 23.8 Å². The maximum absolute atomic E-state index is 14.5. The smallest absolute Gasteiger partial charge is 0.166 e. The highest BCUT2D eigenvalue weighted by molar-refractivity contribution is 6.30. The van der Waals surface area contributed by atoms with Crippen LogP contribution in [0.5, 0.6) is 5.75 Å². The lowest BCUT2D eigenvalue weighted by atomic mass is 10.1. The topological polar surface area (TPSA) is 56.5 Å². The van der Waals surface area contributed by atoms with Gasteiger partial charge in [0.25, 0.3) is 0 Å². The lowest BCUT2D eigenvalue weighted by molar-refractivity contribution is 0.0790. The normalized spacial score (nSPS) is 24.6. The van der Waals surface area contributed by atoms with Crippen molar-refractivity contribution < 1.29 is 18.6 Å². The Morgan fingerprint density at radius 3 is 2.70 bits per heavy atom. The van der Waals surface area contributed by atoms with Gasteiger partial charge in [0.15, 0.2) is 11.6 Å². The molecule has 1 unspecified atom stereocenters. The average molecular weight is 391 g/mol. The Hall–Kier alpha value is -2.20. The number of fused-ring (bicyclic) bond motifs is 1. The van der Waals surface area contributed by atoms with Gasteiger partial charge in [0, 0.05) is 23.7 Å². The third-order valence-electron chi connectivity index (χ3n) is 5.24. The Bertz CT molecular complexity index is 931. The summed E-state index contributed by atoms with van der Waals surface area (Å²) in [7, 11) is 0.